The first kappa shape index (κ1) is 25.0. The van der Waals surface area contributed by atoms with Gasteiger partial charge < -0.3 is 15.0 Å². The van der Waals surface area contributed by atoms with Crippen LogP contribution in [0.5, 0.6) is 5.75 Å². The highest BCUT2D eigenvalue weighted by atomic mass is 35.5. The summed E-state index contributed by atoms with van der Waals surface area (Å²) in [6, 6.07) is 9.63. The first-order valence-electron chi connectivity index (χ1n) is 9.94. The van der Waals surface area contributed by atoms with E-state index in [2.05, 4.69) is 5.32 Å². The fourth-order valence-corrected chi connectivity index (χ4v) is 3.43. The van der Waals surface area contributed by atoms with E-state index in [0.29, 0.717) is 27.8 Å². The van der Waals surface area contributed by atoms with E-state index in [1.54, 1.807) is 18.2 Å². The Morgan fingerprint density at radius 3 is 2.32 bits per heavy atom. The number of nitrogens with one attached hydrogen (secondary N) is 1. The largest absolute Gasteiger partial charge is 0.484 e. The van der Waals surface area contributed by atoms with Crippen LogP contribution in [0.4, 0.5) is 4.39 Å². The topological polar surface area (TPSA) is 58.6 Å². The molecule has 1 atom stereocenters. The monoisotopic (exact) mass is 468 g/mol. The van der Waals surface area contributed by atoms with Crippen LogP contribution in [0.1, 0.15) is 39.7 Å². The van der Waals surface area contributed by atoms with E-state index in [0.717, 1.165) is 0 Å². The Morgan fingerprint density at radius 2 is 1.77 bits per heavy atom. The van der Waals surface area contributed by atoms with Crippen LogP contribution in [-0.4, -0.2) is 34.9 Å². The molecule has 0 saturated heterocycles. The summed E-state index contributed by atoms with van der Waals surface area (Å²) in [5, 5.41) is 3.80. The van der Waals surface area contributed by atoms with Crippen molar-refractivity contribution in [1.82, 2.24) is 10.2 Å². The molecular formula is C23H27Cl2FN2O3. The number of hydrogen-bond acceptors (Lipinski definition) is 3. The van der Waals surface area contributed by atoms with E-state index in [1.807, 2.05) is 27.7 Å². The number of carbonyl (C=O) groups excluding carboxylic acids is 2. The van der Waals surface area contributed by atoms with Crippen molar-refractivity contribution in [3.05, 3.63) is 63.9 Å². The second-order valence-corrected chi connectivity index (χ2v) is 9.01. The summed E-state index contributed by atoms with van der Waals surface area (Å²) in [4.78, 5) is 27.5. The third kappa shape index (κ3) is 7.71. The predicted molar refractivity (Wildman–Crippen MR) is 121 cm³/mol. The van der Waals surface area contributed by atoms with Gasteiger partial charge in [0, 0.05) is 22.1 Å². The molecule has 0 aromatic heterocycles. The minimum Gasteiger partial charge on any atom is -0.484 e. The van der Waals surface area contributed by atoms with Crippen molar-refractivity contribution < 1.29 is 18.7 Å². The SMILES string of the molecule is CCC(C(=O)NC(C)(C)C)N(Cc1ccc(Cl)cc1Cl)C(=O)COc1ccc(F)cc1. The molecule has 0 radical (unpaired) electrons. The zero-order valence-corrected chi connectivity index (χ0v) is 19.6. The van der Waals surface area contributed by atoms with Gasteiger partial charge in [-0.1, -0.05) is 36.2 Å². The number of carbonyl (C=O) groups is 2. The van der Waals surface area contributed by atoms with Crippen molar-refractivity contribution in [2.45, 2.75) is 52.2 Å². The van der Waals surface area contributed by atoms with Gasteiger partial charge in [-0.25, -0.2) is 4.39 Å². The van der Waals surface area contributed by atoms with Crippen LogP contribution in [0, 0.1) is 5.82 Å². The number of benzene rings is 2. The number of amides is 2. The first-order chi connectivity index (χ1) is 14.5. The van der Waals surface area contributed by atoms with Gasteiger partial charge in [0.1, 0.15) is 17.6 Å². The maximum Gasteiger partial charge on any atom is 0.261 e. The van der Waals surface area contributed by atoms with Crippen LogP contribution in [0.3, 0.4) is 0 Å². The Bertz CT molecular complexity index is 914. The van der Waals surface area contributed by atoms with Crippen molar-refractivity contribution in [3.63, 3.8) is 0 Å². The molecule has 2 aromatic carbocycles. The summed E-state index contributed by atoms with van der Waals surface area (Å²) in [6.07, 6.45) is 0.398. The molecular weight excluding hydrogens is 442 g/mol. The second-order valence-electron chi connectivity index (χ2n) is 8.16. The lowest BCUT2D eigenvalue weighted by atomic mass is 10.1. The zero-order valence-electron chi connectivity index (χ0n) is 18.0. The van der Waals surface area contributed by atoms with Crippen LogP contribution in [0.2, 0.25) is 10.0 Å². The van der Waals surface area contributed by atoms with Crippen LogP contribution in [-0.2, 0) is 16.1 Å². The quantitative estimate of drug-likeness (QED) is 0.576. The third-order valence-corrected chi connectivity index (χ3v) is 5.00. The molecule has 0 spiro atoms. The molecule has 0 fully saturated rings. The fraction of sp³-hybridized carbons (Fsp3) is 0.391. The van der Waals surface area contributed by atoms with E-state index in [9.17, 15) is 14.0 Å². The second kappa shape index (κ2) is 10.8. The smallest absolute Gasteiger partial charge is 0.261 e. The Morgan fingerprint density at radius 1 is 1.13 bits per heavy atom. The molecule has 0 saturated carbocycles. The van der Waals surface area contributed by atoms with E-state index in [-0.39, 0.29) is 19.1 Å². The van der Waals surface area contributed by atoms with E-state index >= 15 is 0 Å². The molecule has 2 aromatic rings. The fourth-order valence-electron chi connectivity index (χ4n) is 2.96. The molecule has 0 bridgehead atoms. The van der Waals surface area contributed by atoms with Crippen LogP contribution < -0.4 is 10.1 Å². The lowest BCUT2D eigenvalue weighted by Crippen LogP contribution is -2.54. The highest BCUT2D eigenvalue weighted by Crippen LogP contribution is 2.24. The van der Waals surface area contributed by atoms with Gasteiger partial charge in [0.05, 0.1) is 0 Å². The van der Waals surface area contributed by atoms with Gasteiger partial charge in [0.25, 0.3) is 5.91 Å². The average molecular weight is 469 g/mol. The van der Waals surface area contributed by atoms with Crippen molar-refractivity contribution >= 4 is 35.0 Å². The Balaban J connectivity index is 2.27. The van der Waals surface area contributed by atoms with E-state index < -0.39 is 23.3 Å². The van der Waals surface area contributed by atoms with Crippen molar-refractivity contribution in [2.75, 3.05) is 6.61 Å². The van der Waals surface area contributed by atoms with Crippen molar-refractivity contribution in [3.8, 4) is 5.75 Å². The van der Waals surface area contributed by atoms with E-state index in [4.69, 9.17) is 27.9 Å². The summed E-state index contributed by atoms with van der Waals surface area (Å²) >= 11 is 12.3. The van der Waals surface area contributed by atoms with Crippen LogP contribution in [0.15, 0.2) is 42.5 Å². The van der Waals surface area contributed by atoms with Crippen molar-refractivity contribution in [2.24, 2.45) is 0 Å². The Hall–Kier alpha value is -2.31. The highest BCUT2D eigenvalue weighted by molar-refractivity contribution is 6.35. The highest BCUT2D eigenvalue weighted by Gasteiger charge is 2.31. The molecule has 5 nitrogen and oxygen atoms in total. The van der Waals surface area contributed by atoms with Gasteiger partial charge >= 0.3 is 0 Å². The summed E-state index contributed by atoms with van der Waals surface area (Å²) < 4.78 is 18.6. The maximum atomic E-state index is 13.1. The van der Waals surface area contributed by atoms with Gasteiger partial charge in [0.2, 0.25) is 5.91 Å². The molecule has 0 aliphatic carbocycles. The Kier molecular flexibility index (Phi) is 8.71. The molecule has 1 N–H and O–H groups in total. The molecule has 2 amide bonds. The molecule has 1 unspecified atom stereocenters. The normalized spacial score (nSPS) is 12.2. The maximum absolute atomic E-state index is 13.1. The summed E-state index contributed by atoms with van der Waals surface area (Å²) in [5.74, 6) is -0.713. The number of hydrogen-bond donors (Lipinski definition) is 1. The van der Waals surface area contributed by atoms with Crippen LogP contribution in [0.25, 0.3) is 0 Å². The zero-order chi connectivity index (χ0) is 23.2. The standard InChI is InChI=1S/C23H27Cl2FN2O3/c1-5-20(22(30)27-23(2,3)4)28(13-15-6-7-16(24)12-19(15)25)21(29)14-31-18-10-8-17(26)9-11-18/h6-12,20H,5,13-14H2,1-4H3,(H,27,30). The molecule has 0 aliphatic rings. The third-order valence-electron chi connectivity index (χ3n) is 4.42. The lowest BCUT2D eigenvalue weighted by Gasteiger charge is -2.33. The lowest BCUT2D eigenvalue weighted by molar-refractivity contribution is -0.143. The Labute approximate surface area is 192 Å². The number of rotatable bonds is 8. The number of nitrogens with zero attached hydrogens (tertiary/aromatic N) is 1. The summed E-state index contributed by atoms with van der Waals surface area (Å²) in [6.45, 7) is 7.25. The number of halogens is 3. The minimum atomic E-state index is -0.727. The summed E-state index contributed by atoms with van der Waals surface area (Å²) in [5.41, 5.74) is 0.199. The molecule has 8 heteroatoms. The molecule has 0 heterocycles. The predicted octanol–water partition coefficient (Wildman–Crippen LogP) is 5.23. The molecule has 0 aliphatic heterocycles. The summed E-state index contributed by atoms with van der Waals surface area (Å²) in [7, 11) is 0. The first-order valence-corrected chi connectivity index (χ1v) is 10.7. The van der Waals surface area contributed by atoms with Crippen LogP contribution >= 0.6 is 23.2 Å². The number of ether oxygens (including phenoxy) is 1. The minimum absolute atomic E-state index is 0.109. The van der Waals surface area contributed by atoms with Gasteiger partial charge in [-0.2, -0.15) is 0 Å². The van der Waals surface area contributed by atoms with E-state index in [1.165, 1.54) is 29.2 Å². The van der Waals surface area contributed by atoms with Gasteiger partial charge in [-0.05, 0) is 69.2 Å². The molecule has 31 heavy (non-hydrogen) atoms. The van der Waals surface area contributed by atoms with Gasteiger partial charge in [-0.15, -0.1) is 0 Å². The van der Waals surface area contributed by atoms with Gasteiger partial charge in [-0.3, -0.25) is 9.59 Å². The molecule has 2 rings (SSSR count). The average Bonchev–Trinajstić information content (AvgIpc) is 2.67. The molecule has 168 valence electrons. The van der Waals surface area contributed by atoms with Crippen molar-refractivity contribution in [1.29, 1.82) is 0 Å². The van der Waals surface area contributed by atoms with Gasteiger partial charge in [0.15, 0.2) is 6.61 Å².